The standard InChI is InChI=1S/C16H12F5N3O2S2/c17-28(18,19,20,21)13-7-5-12(6-8-13)11-3-1-10(2-4-11)9-27-15-14(16(25)26)22-24-23-15/h1-8H,9H2,(H,25,26)(H,22,23,24). The number of H-pyrrole nitrogens is 1. The summed E-state index contributed by atoms with van der Waals surface area (Å²) in [7, 11) is -9.68. The molecule has 0 bridgehead atoms. The molecule has 3 rings (SSSR count). The van der Waals surface area contributed by atoms with Crippen molar-refractivity contribution < 1.29 is 29.3 Å². The second-order valence-electron chi connectivity index (χ2n) is 5.77. The number of hydrogen-bond acceptors (Lipinski definition) is 4. The van der Waals surface area contributed by atoms with Crippen LogP contribution in [-0.2, 0) is 5.75 Å². The lowest BCUT2D eigenvalue weighted by Gasteiger charge is -2.40. The first-order valence-corrected chi connectivity index (χ1v) is 10.5. The number of thioether (sulfide) groups is 1. The highest BCUT2D eigenvalue weighted by Gasteiger charge is 2.65. The fraction of sp³-hybridized carbons (Fsp3) is 0.0625. The number of aromatic amines is 1. The van der Waals surface area contributed by atoms with Gasteiger partial charge in [-0.3, -0.25) is 5.10 Å². The fourth-order valence-electron chi connectivity index (χ4n) is 2.31. The monoisotopic (exact) mass is 437 g/mol. The molecule has 3 aromatic rings. The third-order valence-corrected chi connectivity index (χ3v) is 5.90. The van der Waals surface area contributed by atoms with Crippen molar-refractivity contribution in [3.63, 3.8) is 0 Å². The van der Waals surface area contributed by atoms with Gasteiger partial charge in [-0.1, -0.05) is 72.8 Å². The summed E-state index contributed by atoms with van der Waals surface area (Å²) in [6.45, 7) is 0. The predicted octanol–water partition coefficient (Wildman–Crippen LogP) is 6.12. The first-order valence-electron chi connectivity index (χ1n) is 7.54. The number of nitrogens with zero attached hydrogens (tertiary/aromatic N) is 2. The number of carbonyl (C=O) groups is 1. The molecule has 28 heavy (non-hydrogen) atoms. The molecular formula is C16H12F5N3O2S2. The molecule has 0 aliphatic heterocycles. The SMILES string of the molecule is O=C(O)c1nn[nH]c1SCc1ccc(-c2ccc(S(F)(F)(F)(F)F)cc2)cc1. The van der Waals surface area contributed by atoms with Crippen LogP contribution in [0.15, 0.2) is 58.5 Å². The Morgan fingerprint density at radius 1 is 0.964 bits per heavy atom. The number of nitrogens with one attached hydrogen (secondary N) is 1. The molecule has 12 heteroatoms. The Balaban J connectivity index is 1.73. The minimum absolute atomic E-state index is 0.189. The number of carboxylic acids is 1. The molecule has 0 amide bonds. The summed E-state index contributed by atoms with van der Waals surface area (Å²) in [5.74, 6) is -0.810. The molecule has 5 nitrogen and oxygen atoms in total. The van der Waals surface area contributed by atoms with Crippen molar-refractivity contribution in [2.45, 2.75) is 15.7 Å². The first-order chi connectivity index (χ1) is 12.8. The van der Waals surface area contributed by atoms with Crippen LogP contribution in [0.2, 0.25) is 0 Å². The lowest BCUT2D eigenvalue weighted by Crippen LogP contribution is -2.05. The van der Waals surface area contributed by atoms with Crippen LogP contribution >= 0.6 is 22.0 Å². The van der Waals surface area contributed by atoms with E-state index in [1.54, 1.807) is 24.3 Å². The van der Waals surface area contributed by atoms with Crippen LogP contribution in [0.1, 0.15) is 16.1 Å². The zero-order valence-corrected chi connectivity index (χ0v) is 15.4. The summed E-state index contributed by atoms with van der Waals surface area (Å²) < 4.78 is 63.8. The van der Waals surface area contributed by atoms with Crippen LogP contribution in [0.25, 0.3) is 11.1 Å². The van der Waals surface area contributed by atoms with Crippen molar-refractivity contribution in [2.75, 3.05) is 0 Å². The van der Waals surface area contributed by atoms with Gasteiger partial charge in [0.05, 0.1) is 0 Å². The van der Waals surface area contributed by atoms with Crippen LogP contribution in [-0.4, -0.2) is 26.5 Å². The Bertz CT molecular complexity index is 1020. The van der Waals surface area contributed by atoms with Crippen molar-refractivity contribution in [1.82, 2.24) is 15.4 Å². The van der Waals surface area contributed by atoms with Crippen molar-refractivity contribution in [3.05, 3.63) is 59.8 Å². The quantitative estimate of drug-likeness (QED) is 0.359. The smallest absolute Gasteiger partial charge is 0.359 e. The van der Waals surface area contributed by atoms with E-state index >= 15 is 0 Å². The maximum atomic E-state index is 12.8. The minimum Gasteiger partial charge on any atom is -0.476 e. The van der Waals surface area contributed by atoms with Crippen molar-refractivity contribution >= 4 is 28.0 Å². The topological polar surface area (TPSA) is 78.9 Å². The summed E-state index contributed by atoms with van der Waals surface area (Å²) in [5, 5.41) is 18.6. The van der Waals surface area contributed by atoms with Gasteiger partial charge in [-0.2, -0.15) is 0 Å². The number of hydrogen-bond donors (Lipinski definition) is 2. The van der Waals surface area contributed by atoms with Crippen molar-refractivity contribution in [2.24, 2.45) is 0 Å². The minimum atomic E-state index is -9.68. The molecule has 0 aliphatic carbocycles. The van der Waals surface area contributed by atoms with E-state index in [4.69, 9.17) is 5.11 Å². The lowest BCUT2D eigenvalue weighted by atomic mass is 10.0. The van der Waals surface area contributed by atoms with Gasteiger partial charge >= 0.3 is 16.2 Å². The average molecular weight is 437 g/mol. The third-order valence-electron chi connectivity index (χ3n) is 3.69. The molecule has 0 unspecified atom stereocenters. The van der Waals surface area contributed by atoms with Crippen LogP contribution in [0.3, 0.4) is 0 Å². The van der Waals surface area contributed by atoms with E-state index in [0.717, 1.165) is 17.7 Å². The van der Waals surface area contributed by atoms with Gasteiger partial charge in [-0.25, -0.2) is 4.79 Å². The van der Waals surface area contributed by atoms with Crippen LogP contribution in [0.4, 0.5) is 19.4 Å². The fourth-order valence-corrected chi connectivity index (χ4v) is 3.84. The molecular weight excluding hydrogens is 425 g/mol. The summed E-state index contributed by atoms with van der Waals surface area (Å²) in [6, 6.07) is 9.40. The molecule has 2 aromatic carbocycles. The number of benzene rings is 2. The summed E-state index contributed by atoms with van der Waals surface area (Å²) >= 11 is 1.17. The average Bonchev–Trinajstić information content (AvgIpc) is 3.07. The number of halogens is 5. The molecule has 0 atom stereocenters. The first kappa shape index (κ1) is 20.1. The summed E-state index contributed by atoms with van der Waals surface area (Å²) in [4.78, 5) is 9.04. The van der Waals surface area contributed by atoms with Gasteiger partial charge < -0.3 is 5.11 Å². The van der Waals surface area contributed by atoms with Crippen LogP contribution in [0.5, 0.6) is 0 Å². The van der Waals surface area contributed by atoms with Gasteiger partial charge in [-0.15, -0.1) is 5.10 Å². The maximum absolute atomic E-state index is 12.8. The number of aromatic carboxylic acids is 1. The zero-order valence-electron chi connectivity index (χ0n) is 13.8. The van der Waals surface area contributed by atoms with E-state index in [-0.39, 0.29) is 5.69 Å². The van der Waals surface area contributed by atoms with Gasteiger partial charge in [0.15, 0.2) is 0 Å². The number of carboxylic acid groups (broad SMARTS) is 1. The van der Waals surface area contributed by atoms with Gasteiger partial charge in [0.25, 0.3) is 0 Å². The Kier molecular flexibility index (Phi) is 4.46. The number of aromatic nitrogens is 3. The summed E-state index contributed by atoms with van der Waals surface area (Å²) in [5.41, 5.74) is 1.53. The molecule has 0 radical (unpaired) electrons. The van der Waals surface area contributed by atoms with Gasteiger partial charge in [0.1, 0.15) is 9.92 Å². The Hall–Kier alpha value is -2.60. The maximum Gasteiger partial charge on any atom is 0.359 e. The highest BCUT2D eigenvalue weighted by atomic mass is 32.5. The second-order valence-corrected chi connectivity index (χ2v) is 9.17. The molecule has 1 heterocycles. The Labute approximate surface area is 159 Å². The molecule has 1 aromatic heterocycles. The summed E-state index contributed by atoms with van der Waals surface area (Å²) in [6.07, 6.45) is 0. The van der Waals surface area contributed by atoms with Crippen molar-refractivity contribution in [1.29, 1.82) is 0 Å². The van der Waals surface area contributed by atoms with E-state index < -0.39 is 21.1 Å². The predicted molar refractivity (Wildman–Crippen MR) is 96.2 cm³/mol. The number of rotatable bonds is 6. The zero-order chi connectivity index (χ0) is 20.6. The van der Waals surface area contributed by atoms with E-state index in [1.165, 1.54) is 11.8 Å². The molecule has 150 valence electrons. The Morgan fingerprint density at radius 2 is 1.50 bits per heavy atom. The third kappa shape index (κ3) is 4.62. The molecule has 0 saturated carbocycles. The van der Waals surface area contributed by atoms with Gasteiger partial charge in [-0.05, 0) is 28.8 Å². The van der Waals surface area contributed by atoms with Crippen molar-refractivity contribution in [3.8, 4) is 11.1 Å². The lowest BCUT2D eigenvalue weighted by molar-refractivity contribution is 0.0686. The highest BCUT2D eigenvalue weighted by Crippen LogP contribution is 3.02. The van der Waals surface area contributed by atoms with Gasteiger partial charge in [0, 0.05) is 5.75 Å². The molecule has 0 aliphatic rings. The van der Waals surface area contributed by atoms with Crippen LogP contribution < -0.4 is 0 Å². The highest BCUT2D eigenvalue weighted by molar-refractivity contribution is 8.45. The van der Waals surface area contributed by atoms with Crippen LogP contribution in [0, 0.1) is 0 Å². The van der Waals surface area contributed by atoms with E-state index in [9.17, 15) is 24.2 Å². The largest absolute Gasteiger partial charge is 0.476 e. The van der Waals surface area contributed by atoms with E-state index in [2.05, 4.69) is 15.4 Å². The van der Waals surface area contributed by atoms with E-state index in [0.29, 0.717) is 34.0 Å². The molecule has 0 spiro atoms. The molecule has 0 saturated heterocycles. The van der Waals surface area contributed by atoms with E-state index in [1.807, 2.05) is 0 Å². The molecule has 2 N–H and O–H groups in total. The molecule has 0 fully saturated rings. The second kappa shape index (κ2) is 6.21. The normalized spacial score (nSPS) is 14.3. The van der Waals surface area contributed by atoms with Gasteiger partial charge in [0.2, 0.25) is 5.69 Å². The Morgan fingerprint density at radius 3 is 2.00 bits per heavy atom.